The maximum absolute atomic E-state index is 13.5. The number of halogens is 2. The first-order valence-electron chi connectivity index (χ1n) is 6.28. The number of nitrogens with one attached hydrogen (secondary N) is 1. The summed E-state index contributed by atoms with van der Waals surface area (Å²) in [4.78, 5) is 0. The highest BCUT2D eigenvalue weighted by Crippen LogP contribution is 2.17. The minimum absolute atomic E-state index is 0.150. The highest BCUT2D eigenvalue weighted by Gasteiger charge is 2.06. The van der Waals surface area contributed by atoms with Crippen LogP contribution in [0.2, 0.25) is 5.02 Å². The molecule has 1 N–H and O–H groups in total. The van der Waals surface area contributed by atoms with E-state index in [1.165, 1.54) is 6.07 Å². The van der Waals surface area contributed by atoms with Crippen LogP contribution >= 0.6 is 11.6 Å². The molecule has 1 aromatic carbocycles. The van der Waals surface area contributed by atoms with Gasteiger partial charge in [-0.1, -0.05) is 25.4 Å². The van der Waals surface area contributed by atoms with Crippen LogP contribution in [0.4, 0.5) is 4.39 Å². The topological polar surface area (TPSA) is 12.0 Å². The molecule has 0 fully saturated rings. The van der Waals surface area contributed by atoms with Crippen molar-refractivity contribution >= 4 is 11.6 Å². The van der Waals surface area contributed by atoms with Gasteiger partial charge in [-0.2, -0.15) is 0 Å². The van der Waals surface area contributed by atoms with Crippen molar-refractivity contribution in [2.24, 2.45) is 5.92 Å². The first-order valence-corrected chi connectivity index (χ1v) is 6.66. The Morgan fingerprint density at radius 2 is 2.18 bits per heavy atom. The minimum Gasteiger partial charge on any atom is -0.316 e. The van der Waals surface area contributed by atoms with Crippen molar-refractivity contribution < 1.29 is 4.39 Å². The second kappa shape index (κ2) is 7.67. The lowest BCUT2D eigenvalue weighted by Crippen LogP contribution is -2.22. The van der Waals surface area contributed by atoms with Gasteiger partial charge in [0.05, 0.1) is 0 Å². The summed E-state index contributed by atoms with van der Waals surface area (Å²) in [6.07, 6.45) is 2.88. The average Bonchev–Trinajstić information content (AvgIpc) is 2.31. The Hall–Kier alpha value is -0.600. The molecule has 0 amide bonds. The second-order valence-corrected chi connectivity index (χ2v) is 5.02. The third-order valence-electron chi connectivity index (χ3n) is 2.83. The molecule has 0 saturated carbocycles. The zero-order valence-electron chi connectivity index (χ0n) is 10.6. The molecule has 0 bridgehead atoms. The van der Waals surface area contributed by atoms with Crippen molar-refractivity contribution in [1.29, 1.82) is 0 Å². The van der Waals surface area contributed by atoms with E-state index in [9.17, 15) is 4.39 Å². The lowest BCUT2D eigenvalue weighted by molar-refractivity contribution is 0.476. The summed E-state index contributed by atoms with van der Waals surface area (Å²) in [5, 5.41) is 3.99. The summed E-state index contributed by atoms with van der Waals surface area (Å²) in [5.41, 5.74) is 0.722. The summed E-state index contributed by atoms with van der Waals surface area (Å²) >= 11 is 5.86. The molecule has 1 atom stereocenters. The Bertz CT molecular complexity index is 341. The Morgan fingerprint density at radius 1 is 1.41 bits per heavy atom. The minimum atomic E-state index is -0.150. The molecular weight excluding hydrogens is 237 g/mol. The van der Waals surface area contributed by atoms with Crippen LogP contribution in [0.15, 0.2) is 18.2 Å². The zero-order chi connectivity index (χ0) is 12.7. The van der Waals surface area contributed by atoms with Gasteiger partial charge in [-0.15, -0.1) is 0 Å². The number of hydrogen-bond donors (Lipinski definition) is 1. The van der Waals surface area contributed by atoms with Gasteiger partial charge < -0.3 is 5.32 Å². The quantitative estimate of drug-likeness (QED) is 0.727. The molecule has 0 saturated heterocycles. The lowest BCUT2D eigenvalue weighted by atomic mass is 10.0. The first kappa shape index (κ1) is 14.5. The van der Waals surface area contributed by atoms with Crippen LogP contribution in [0.5, 0.6) is 0 Å². The van der Waals surface area contributed by atoms with E-state index < -0.39 is 0 Å². The maximum atomic E-state index is 13.5. The third-order valence-corrected chi connectivity index (χ3v) is 3.07. The first-order chi connectivity index (χ1) is 8.13. The van der Waals surface area contributed by atoms with E-state index in [2.05, 4.69) is 19.2 Å². The standard InChI is InChI=1S/C14H21ClFN/c1-3-8-17-10-11(2)4-5-12-9-13(15)6-7-14(12)16/h6-7,9,11,17H,3-5,8,10H2,1-2H3. The van der Waals surface area contributed by atoms with E-state index >= 15 is 0 Å². The van der Waals surface area contributed by atoms with E-state index in [1.54, 1.807) is 12.1 Å². The van der Waals surface area contributed by atoms with Crippen molar-refractivity contribution in [3.05, 3.63) is 34.6 Å². The molecule has 0 aliphatic rings. The maximum Gasteiger partial charge on any atom is 0.126 e. The predicted octanol–water partition coefficient (Wildman–Crippen LogP) is 4.05. The molecule has 1 aromatic rings. The molecule has 0 spiro atoms. The number of benzene rings is 1. The van der Waals surface area contributed by atoms with Crippen molar-refractivity contribution in [3.63, 3.8) is 0 Å². The predicted molar refractivity (Wildman–Crippen MR) is 72.1 cm³/mol. The van der Waals surface area contributed by atoms with Gasteiger partial charge >= 0.3 is 0 Å². The van der Waals surface area contributed by atoms with Crippen molar-refractivity contribution in [2.75, 3.05) is 13.1 Å². The number of rotatable bonds is 7. The van der Waals surface area contributed by atoms with Crippen LogP contribution in [-0.4, -0.2) is 13.1 Å². The fourth-order valence-electron chi connectivity index (χ4n) is 1.76. The van der Waals surface area contributed by atoms with E-state index in [-0.39, 0.29) is 5.82 Å². The molecule has 17 heavy (non-hydrogen) atoms. The summed E-state index contributed by atoms with van der Waals surface area (Å²) in [5.74, 6) is 0.406. The van der Waals surface area contributed by atoms with Gasteiger partial charge in [0.15, 0.2) is 0 Å². The highest BCUT2D eigenvalue weighted by molar-refractivity contribution is 6.30. The van der Waals surface area contributed by atoms with E-state index in [4.69, 9.17) is 11.6 Å². The molecule has 0 aromatic heterocycles. The Balaban J connectivity index is 2.36. The SMILES string of the molecule is CCCNCC(C)CCc1cc(Cl)ccc1F. The normalized spacial score (nSPS) is 12.7. The molecule has 0 radical (unpaired) electrons. The van der Waals surface area contributed by atoms with E-state index in [0.29, 0.717) is 10.9 Å². The molecule has 1 rings (SSSR count). The molecule has 1 nitrogen and oxygen atoms in total. The largest absolute Gasteiger partial charge is 0.316 e. The van der Waals surface area contributed by atoms with Gasteiger partial charge in [-0.25, -0.2) is 4.39 Å². The summed E-state index contributed by atoms with van der Waals surface area (Å²) in [6, 6.07) is 4.76. The van der Waals surface area contributed by atoms with Crippen molar-refractivity contribution in [1.82, 2.24) is 5.32 Å². The summed E-state index contributed by atoms with van der Waals surface area (Å²) in [7, 11) is 0. The Morgan fingerprint density at radius 3 is 2.88 bits per heavy atom. The molecule has 0 aliphatic heterocycles. The molecular formula is C14H21ClFN. The Labute approximate surface area is 108 Å². The zero-order valence-corrected chi connectivity index (χ0v) is 11.4. The molecule has 3 heteroatoms. The summed E-state index contributed by atoms with van der Waals surface area (Å²) in [6.45, 7) is 6.38. The third kappa shape index (κ3) is 5.51. The van der Waals surface area contributed by atoms with Crippen molar-refractivity contribution in [2.45, 2.75) is 33.1 Å². The molecule has 0 aliphatic carbocycles. The van der Waals surface area contributed by atoms with Crippen LogP contribution in [-0.2, 0) is 6.42 Å². The lowest BCUT2D eigenvalue weighted by Gasteiger charge is -2.12. The van der Waals surface area contributed by atoms with Gasteiger partial charge in [0.1, 0.15) is 5.82 Å². The fourth-order valence-corrected chi connectivity index (χ4v) is 1.96. The smallest absolute Gasteiger partial charge is 0.126 e. The van der Waals surface area contributed by atoms with Crippen LogP contribution in [0.1, 0.15) is 32.3 Å². The van der Waals surface area contributed by atoms with Gasteiger partial charge in [0.2, 0.25) is 0 Å². The number of hydrogen-bond acceptors (Lipinski definition) is 1. The second-order valence-electron chi connectivity index (χ2n) is 4.58. The molecule has 96 valence electrons. The number of aryl methyl sites for hydroxylation is 1. The van der Waals surface area contributed by atoms with Crippen molar-refractivity contribution in [3.8, 4) is 0 Å². The van der Waals surface area contributed by atoms with Gasteiger partial charge in [0, 0.05) is 5.02 Å². The van der Waals surface area contributed by atoms with E-state index in [0.717, 1.165) is 37.9 Å². The van der Waals surface area contributed by atoms with Crippen LogP contribution in [0, 0.1) is 11.7 Å². The fraction of sp³-hybridized carbons (Fsp3) is 0.571. The monoisotopic (exact) mass is 257 g/mol. The van der Waals surface area contributed by atoms with Gasteiger partial charge in [0.25, 0.3) is 0 Å². The van der Waals surface area contributed by atoms with Gasteiger partial charge in [-0.05, 0) is 62.0 Å². The van der Waals surface area contributed by atoms with Crippen LogP contribution in [0.25, 0.3) is 0 Å². The highest BCUT2D eigenvalue weighted by atomic mass is 35.5. The van der Waals surface area contributed by atoms with Gasteiger partial charge in [-0.3, -0.25) is 0 Å². The van der Waals surface area contributed by atoms with E-state index in [1.807, 2.05) is 0 Å². The Kier molecular flexibility index (Phi) is 6.53. The molecule has 1 unspecified atom stereocenters. The van der Waals surface area contributed by atoms with Crippen LogP contribution in [0.3, 0.4) is 0 Å². The van der Waals surface area contributed by atoms with Crippen LogP contribution < -0.4 is 5.32 Å². The molecule has 0 heterocycles. The average molecular weight is 258 g/mol. The summed E-state index contributed by atoms with van der Waals surface area (Å²) < 4.78 is 13.5.